The highest BCUT2D eigenvalue weighted by Crippen LogP contribution is 2.42. The van der Waals surface area contributed by atoms with Crippen molar-refractivity contribution in [2.75, 3.05) is 12.3 Å². The minimum atomic E-state index is -0.297. The molecule has 1 amide bonds. The lowest BCUT2D eigenvalue weighted by atomic mass is 9.78. The normalized spacial score (nSPS) is 17.8. The molecule has 0 aliphatic heterocycles. The number of hydrogen-bond donors (Lipinski definition) is 2. The molecule has 0 unspecified atom stereocenters. The maximum atomic E-state index is 12.0. The molecular weight excluding hydrogens is 244 g/mol. The van der Waals surface area contributed by atoms with Crippen LogP contribution in [-0.4, -0.2) is 22.8 Å². The Balaban J connectivity index is 1.96. The Morgan fingerprint density at radius 1 is 1.42 bits per heavy atom. The first kappa shape index (κ1) is 13.8. The highest BCUT2D eigenvalue weighted by molar-refractivity contribution is 5.95. The number of carbonyl (C=O) groups is 1. The van der Waals surface area contributed by atoms with E-state index in [1.54, 1.807) is 0 Å². The summed E-state index contributed by atoms with van der Waals surface area (Å²) in [5.41, 5.74) is 5.82. The SMILES string of the molecule is CC(C)CC1(CNC(=O)c2nonc2N)CCCC1. The van der Waals surface area contributed by atoms with Crippen LogP contribution in [0.4, 0.5) is 5.82 Å². The van der Waals surface area contributed by atoms with Crippen molar-refractivity contribution in [3.05, 3.63) is 5.69 Å². The molecule has 3 N–H and O–H groups in total. The number of aromatic nitrogens is 2. The highest BCUT2D eigenvalue weighted by atomic mass is 16.6. The van der Waals surface area contributed by atoms with Crippen LogP contribution in [0.2, 0.25) is 0 Å². The predicted molar refractivity (Wildman–Crippen MR) is 71.4 cm³/mol. The van der Waals surface area contributed by atoms with E-state index < -0.39 is 0 Å². The van der Waals surface area contributed by atoms with Gasteiger partial charge >= 0.3 is 0 Å². The molecule has 6 nitrogen and oxygen atoms in total. The van der Waals surface area contributed by atoms with Crippen LogP contribution < -0.4 is 11.1 Å². The molecule has 19 heavy (non-hydrogen) atoms. The van der Waals surface area contributed by atoms with Gasteiger partial charge in [-0.2, -0.15) is 0 Å². The Bertz CT molecular complexity index is 436. The van der Waals surface area contributed by atoms with E-state index in [2.05, 4.69) is 34.1 Å². The Morgan fingerprint density at radius 3 is 2.63 bits per heavy atom. The van der Waals surface area contributed by atoms with Crippen LogP contribution in [-0.2, 0) is 0 Å². The van der Waals surface area contributed by atoms with Crippen LogP contribution in [0.1, 0.15) is 56.4 Å². The second-order valence-electron chi connectivity index (χ2n) is 5.99. The van der Waals surface area contributed by atoms with Crippen LogP contribution in [0.25, 0.3) is 0 Å². The second-order valence-corrected chi connectivity index (χ2v) is 5.99. The molecule has 106 valence electrons. The van der Waals surface area contributed by atoms with Gasteiger partial charge in [0, 0.05) is 6.54 Å². The van der Waals surface area contributed by atoms with E-state index in [0.29, 0.717) is 12.5 Å². The van der Waals surface area contributed by atoms with E-state index in [0.717, 1.165) is 6.42 Å². The molecule has 1 aliphatic carbocycles. The zero-order valence-electron chi connectivity index (χ0n) is 11.6. The lowest BCUT2D eigenvalue weighted by molar-refractivity contribution is 0.0912. The van der Waals surface area contributed by atoms with Crippen LogP contribution in [0.5, 0.6) is 0 Å². The summed E-state index contributed by atoms with van der Waals surface area (Å²) < 4.78 is 4.44. The number of amides is 1. The second kappa shape index (κ2) is 5.59. The third-order valence-corrected chi connectivity index (χ3v) is 3.86. The molecule has 0 spiro atoms. The number of hydrogen-bond acceptors (Lipinski definition) is 5. The maximum absolute atomic E-state index is 12.0. The maximum Gasteiger partial charge on any atom is 0.277 e. The molecule has 0 radical (unpaired) electrons. The van der Waals surface area contributed by atoms with Gasteiger partial charge in [-0.05, 0) is 40.9 Å². The number of carbonyl (C=O) groups excluding carboxylic acids is 1. The summed E-state index contributed by atoms with van der Waals surface area (Å²) in [5, 5.41) is 9.87. The van der Waals surface area contributed by atoms with Gasteiger partial charge in [-0.1, -0.05) is 26.7 Å². The Morgan fingerprint density at radius 2 is 2.11 bits per heavy atom. The third-order valence-electron chi connectivity index (χ3n) is 3.86. The van der Waals surface area contributed by atoms with Crippen molar-refractivity contribution >= 4 is 11.7 Å². The Hall–Kier alpha value is -1.59. The molecule has 2 rings (SSSR count). The van der Waals surface area contributed by atoms with E-state index in [4.69, 9.17) is 5.73 Å². The molecule has 6 heteroatoms. The molecule has 0 atom stereocenters. The van der Waals surface area contributed by atoms with Crippen LogP contribution in [0, 0.1) is 11.3 Å². The Labute approximate surface area is 113 Å². The molecule has 0 saturated heterocycles. The van der Waals surface area contributed by atoms with Gasteiger partial charge < -0.3 is 11.1 Å². The lowest BCUT2D eigenvalue weighted by Crippen LogP contribution is -2.37. The van der Waals surface area contributed by atoms with Gasteiger partial charge in [0.05, 0.1) is 0 Å². The van der Waals surface area contributed by atoms with Crippen molar-refractivity contribution in [1.82, 2.24) is 15.6 Å². The average Bonchev–Trinajstić information content (AvgIpc) is 2.95. The third kappa shape index (κ3) is 3.24. The summed E-state index contributed by atoms with van der Waals surface area (Å²) in [6.07, 6.45) is 5.99. The van der Waals surface area contributed by atoms with Crippen LogP contribution >= 0.6 is 0 Å². The fourth-order valence-corrected chi connectivity index (χ4v) is 3.15. The number of nitrogens with zero attached hydrogens (tertiary/aromatic N) is 2. The van der Waals surface area contributed by atoms with Crippen molar-refractivity contribution in [2.24, 2.45) is 11.3 Å². The standard InChI is InChI=1S/C13H22N4O2/c1-9(2)7-13(5-3-4-6-13)8-15-12(18)10-11(14)17-19-16-10/h9H,3-8H2,1-2H3,(H2,14,17)(H,15,18). The van der Waals surface area contributed by atoms with Crippen molar-refractivity contribution in [3.63, 3.8) is 0 Å². The van der Waals surface area contributed by atoms with E-state index in [9.17, 15) is 4.79 Å². The minimum absolute atomic E-state index is 0.0434. The van der Waals surface area contributed by atoms with Gasteiger partial charge in [-0.25, -0.2) is 4.63 Å². The summed E-state index contributed by atoms with van der Waals surface area (Å²) in [4.78, 5) is 12.0. The van der Waals surface area contributed by atoms with Crippen molar-refractivity contribution < 1.29 is 9.42 Å². The number of nitrogen functional groups attached to an aromatic ring is 1. The molecule has 1 fully saturated rings. The Kier molecular flexibility index (Phi) is 4.07. The zero-order valence-corrected chi connectivity index (χ0v) is 11.6. The summed E-state index contributed by atoms with van der Waals surface area (Å²) in [6.45, 7) is 5.12. The monoisotopic (exact) mass is 266 g/mol. The van der Waals surface area contributed by atoms with Crippen molar-refractivity contribution in [2.45, 2.75) is 46.0 Å². The number of anilines is 1. The van der Waals surface area contributed by atoms with Gasteiger partial charge in [-0.3, -0.25) is 4.79 Å². The van der Waals surface area contributed by atoms with Gasteiger partial charge in [0.1, 0.15) is 0 Å². The van der Waals surface area contributed by atoms with Gasteiger partial charge in [0.2, 0.25) is 11.5 Å². The lowest BCUT2D eigenvalue weighted by Gasteiger charge is -2.31. The first-order chi connectivity index (χ1) is 9.02. The molecule has 1 saturated carbocycles. The molecule has 1 aliphatic rings. The van der Waals surface area contributed by atoms with Crippen LogP contribution in [0.3, 0.4) is 0 Å². The zero-order chi connectivity index (χ0) is 13.9. The first-order valence-corrected chi connectivity index (χ1v) is 6.89. The molecule has 0 bridgehead atoms. The first-order valence-electron chi connectivity index (χ1n) is 6.89. The molecule has 1 aromatic heterocycles. The van der Waals surface area contributed by atoms with Gasteiger partial charge in [0.15, 0.2) is 0 Å². The number of nitrogens with one attached hydrogen (secondary N) is 1. The topological polar surface area (TPSA) is 94.0 Å². The highest BCUT2D eigenvalue weighted by Gasteiger charge is 2.35. The van der Waals surface area contributed by atoms with E-state index in [1.807, 2.05) is 0 Å². The van der Waals surface area contributed by atoms with Crippen molar-refractivity contribution in [1.29, 1.82) is 0 Å². The molecule has 1 aromatic rings. The smallest absolute Gasteiger partial charge is 0.277 e. The quantitative estimate of drug-likeness (QED) is 0.850. The largest absolute Gasteiger partial charge is 0.379 e. The van der Waals surface area contributed by atoms with Crippen LogP contribution in [0.15, 0.2) is 4.63 Å². The minimum Gasteiger partial charge on any atom is -0.379 e. The molecule has 1 heterocycles. The van der Waals surface area contributed by atoms with Gasteiger partial charge in [-0.15, -0.1) is 0 Å². The molecule has 0 aromatic carbocycles. The fraction of sp³-hybridized carbons (Fsp3) is 0.769. The number of rotatable bonds is 5. The van der Waals surface area contributed by atoms with Gasteiger partial charge in [0.25, 0.3) is 5.91 Å². The van der Waals surface area contributed by atoms with Crippen molar-refractivity contribution in [3.8, 4) is 0 Å². The molecular formula is C13H22N4O2. The number of nitrogens with two attached hydrogens (primary N) is 1. The van der Waals surface area contributed by atoms with E-state index in [1.165, 1.54) is 25.7 Å². The summed E-state index contributed by atoms with van der Waals surface area (Å²) in [7, 11) is 0. The van der Waals surface area contributed by atoms with E-state index >= 15 is 0 Å². The summed E-state index contributed by atoms with van der Waals surface area (Å²) >= 11 is 0. The predicted octanol–water partition coefficient (Wildman–Crippen LogP) is 1.99. The summed E-state index contributed by atoms with van der Waals surface area (Å²) in [5.74, 6) is 0.379. The fourth-order valence-electron chi connectivity index (χ4n) is 3.15. The van der Waals surface area contributed by atoms with E-state index in [-0.39, 0.29) is 22.8 Å². The summed E-state index contributed by atoms with van der Waals surface area (Å²) in [6, 6.07) is 0. The average molecular weight is 266 g/mol.